The molecule has 1 aliphatic heterocycles. The van der Waals surface area contributed by atoms with Crippen molar-refractivity contribution in [2.75, 3.05) is 0 Å². The summed E-state index contributed by atoms with van der Waals surface area (Å²) >= 11 is 5.16. The zero-order valence-corrected chi connectivity index (χ0v) is 11.5. The van der Waals surface area contributed by atoms with Crippen LogP contribution in [0.2, 0.25) is 0 Å². The molecule has 1 unspecified atom stereocenters. The highest BCUT2D eigenvalue weighted by molar-refractivity contribution is 7.80. The number of benzene rings is 2. The third-order valence-corrected chi connectivity index (χ3v) is 3.47. The summed E-state index contributed by atoms with van der Waals surface area (Å²) in [7, 11) is 0. The molecule has 1 atom stereocenters. The summed E-state index contributed by atoms with van der Waals surface area (Å²) in [6, 6.07) is 16.4. The Morgan fingerprint density at radius 1 is 1.00 bits per heavy atom. The summed E-state index contributed by atoms with van der Waals surface area (Å²) in [4.78, 5) is 0. The van der Waals surface area contributed by atoms with Gasteiger partial charge >= 0.3 is 0 Å². The van der Waals surface area contributed by atoms with Gasteiger partial charge in [0.15, 0.2) is 5.11 Å². The van der Waals surface area contributed by atoms with E-state index in [0.717, 1.165) is 16.7 Å². The van der Waals surface area contributed by atoms with Gasteiger partial charge in [0.25, 0.3) is 0 Å². The number of hydrogen-bond acceptors (Lipinski definition) is 1. The Morgan fingerprint density at radius 2 is 1.80 bits per heavy atom. The average Bonchev–Trinajstić information content (AvgIpc) is 2.48. The van der Waals surface area contributed by atoms with E-state index < -0.39 is 0 Å². The van der Waals surface area contributed by atoms with E-state index in [4.69, 9.17) is 12.2 Å². The molecule has 4 heteroatoms. The topological polar surface area (TPSA) is 24.1 Å². The van der Waals surface area contributed by atoms with Crippen LogP contribution in [-0.4, -0.2) is 5.11 Å². The normalized spacial score (nSPS) is 17.9. The zero-order valence-electron chi connectivity index (χ0n) is 10.6. The minimum atomic E-state index is -0.249. The SMILES string of the molecule is Fc1cccc(C2NC(=S)NC=C2c2ccccc2)c1. The lowest BCUT2D eigenvalue weighted by Gasteiger charge is -2.28. The Bertz CT molecular complexity index is 667. The Kier molecular flexibility index (Phi) is 3.48. The third-order valence-electron chi connectivity index (χ3n) is 3.23. The lowest BCUT2D eigenvalue weighted by Crippen LogP contribution is -2.40. The quantitative estimate of drug-likeness (QED) is 0.827. The van der Waals surface area contributed by atoms with Gasteiger partial charge in [-0.15, -0.1) is 0 Å². The molecule has 20 heavy (non-hydrogen) atoms. The Balaban J connectivity index is 2.04. The molecule has 2 aromatic carbocycles. The summed E-state index contributed by atoms with van der Waals surface area (Å²) in [5.74, 6) is -0.249. The van der Waals surface area contributed by atoms with Crippen LogP contribution in [-0.2, 0) is 0 Å². The van der Waals surface area contributed by atoms with Crippen molar-refractivity contribution in [2.45, 2.75) is 6.04 Å². The molecule has 0 spiro atoms. The molecular formula is C16H13FN2S. The lowest BCUT2D eigenvalue weighted by molar-refractivity contribution is 0.622. The first-order valence-corrected chi connectivity index (χ1v) is 6.73. The molecule has 2 N–H and O–H groups in total. The first-order valence-electron chi connectivity index (χ1n) is 6.32. The van der Waals surface area contributed by atoms with Crippen LogP contribution in [0, 0.1) is 5.82 Å². The molecule has 3 rings (SSSR count). The van der Waals surface area contributed by atoms with Crippen LogP contribution < -0.4 is 10.6 Å². The van der Waals surface area contributed by atoms with E-state index in [9.17, 15) is 4.39 Å². The molecule has 0 saturated heterocycles. The molecule has 0 saturated carbocycles. The predicted molar refractivity (Wildman–Crippen MR) is 82.4 cm³/mol. The third kappa shape index (κ3) is 2.56. The van der Waals surface area contributed by atoms with Crippen LogP contribution in [0.4, 0.5) is 4.39 Å². The van der Waals surface area contributed by atoms with E-state index in [0.29, 0.717) is 5.11 Å². The van der Waals surface area contributed by atoms with Crippen molar-refractivity contribution < 1.29 is 4.39 Å². The van der Waals surface area contributed by atoms with Gasteiger partial charge in [0.1, 0.15) is 5.82 Å². The second kappa shape index (κ2) is 5.43. The molecule has 0 radical (unpaired) electrons. The number of hydrogen-bond donors (Lipinski definition) is 2. The minimum Gasteiger partial charge on any atom is -0.351 e. The van der Waals surface area contributed by atoms with Crippen LogP contribution >= 0.6 is 12.2 Å². The highest BCUT2D eigenvalue weighted by Gasteiger charge is 2.22. The maximum absolute atomic E-state index is 13.5. The van der Waals surface area contributed by atoms with Crippen LogP contribution in [0.3, 0.4) is 0 Å². The van der Waals surface area contributed by atoms with E-state index in [-0.39, 0.29) is 11.9 Å². The number of nitrogens with one attached hydrogen (secondary N) is 2. The van der Waals surface area contributed by atoms with Gasteiger partial charge in [-0.05, 0) is 35.5 Å². The van der Waals surface area contributed by atoms with Gasteiger partial charge in [-0.1, -0.05) is 42.5 Å². The smallest absolute Gasteiger partial charge is 0.171 e. The van der Waals surface area contributed by atoms with E-state index in [1.165, 1.54) is 12.1 Å². The first-order chi connectivity index (χ1) is 9.74. The molecule has 0 amide bonds. The standard InChI is InChI=1S/C16H13FN2S/c17-13-8-4-7-12(9-13)15-14(10-18-16(20)19-15)11-5-2-1-3-6-11/h1-10,15H,(H2,18,19,20). The number of thiocarbonyl (C=S) groups is 1. The van der Waals surface area contributed by atoms with Gasteiger partial charge in [-0.3, -0.25) is 0 Å². The fourth-order valence-electron chi connectivity index (χ4n) is 2.31. The molecule has 0 aromatic heterocycles. The largest absolute Gasteiger partial charge is 0.351 e. The second-order valence-electron chi connectivity index (χ2n) is 4.57. The van der Waals surface area contributed by atoms with Crippen molar-refractivity contribution in [3.63, 3.8) is 0 Å². The predicted octanol–water partition coefficient (Wildman–Crippen LogP) is 3.39. The Hall–Kier alpha value is -2.20. The van der Waals surface area contributed by atoms with Crippen molar-refractivity contribution in [1.82, 2.24) is 10.6 Å². The monoisotopic (exact) mass is 284 g/mol. The zero-order chi connectivity index (χ0) is 13.9. The molecule has 2 nitrogen and oxygen atoms in total. The average molecular weight is 284 g/mol. The Labute approximate surface area is 122 Å². The van der Waals surface area contributed by atoms with Crippen molar-refractivity contribution >= 4 is 22.9 Å². The minimum absolute atomic E-state index is 0.151. The van der Waals surface area contributed by atoms with Gasteiger partial charge in [0.05, 0.1) is 6.04 Å². The fraction of sp³-hybridized carbons (Fsp3) is 0.0625. The summed E-state index contributed by atoms with van der Waals surface area (Å²) in [5, 5.41) is 6.74. The molecule has 1 heterocycles. The fourth-order valence-corrected chi connectivity index (χ4v) is 2.48. The molecule has 1 aliphatic rings. The Morgan fingerprint density at radius 3 is 2.55 bits per heavy atom. The van der Waals surface area contributed by atoms with Crippen molar-refractivity contribution in [3.8, 4) is 0 Å². The van der Waals surface area contributed by atoms with E-state index in [2.05, 4.69) is 10.6 Å². The maximum atomic E-state index is 13.5. The molecule has 0 bridgehead atoms. The van der Waals surface area contributed by atoms with Gasteiger partial charge in [0, 0.05) is 11.8 Å². The van der Waals surface area contributed by atoms with Gasteiger partial charge in [0.2, 0.25) is 0 Å². The van der Waals surface area contributed by atoms with Crippen molar-refractivity contribution in [2.24, 2.45) is 0 Å². The molecule has 0 fully saturated rings. The summed E-state index contributed by atoms with van der Waals surface area (Å²) in [6.07, 6.45) is 1.88. The first kappa shape index (κ1) is 12.8. The summed E-state index contributed by atoms with van der Waals surface area (Å²) in [5.41, 5.74) is 2.96. The van der Waals surface area contributed by atoms with E-state index in [1.807, 2.05) is 42.6 Å². The highest BCUT2D eigenvalue weighted by Crippen LogP contribution is 2.31. The number of halogens is 1. The maximum Gasteiger partial charge on any atom is 0.171 e. The summed E-state index contributed by atoms with van der Waals surface area (Å²) in [6.45, 7) is 0. The molecular weight excluding hydrogens is 271 g/mol. The van der Waals surface area contributed by atoms with Crippen LogP contribution in [0.25, 0.3) is 5.57 Å². The lowest BCUT2D eigenvalue weighted by atomic mass is 9.93. The summed E-state index contributed by atoms with van der Waals surface area (Å²) < 4.78 is 13.5. The van der Waals surface area contributed by atoms with Crippen LogP contribution in [0.1, 0.15) is 17.2 Å². The van der Waals surface area contributed by atoms with E-state index >= 15 is 0 Å². The van der Waals surface area contributed by atoms with Crippen LogP contribution in [0.5, 0.6) is 0 Å². The van der Waals surface area contributed by atoms with Gasteiger partial charge in [-0.2, -0.15) is 0 Å². The molecule has 2 aromatic rings. The molecule has 0 aliphatic carbocycles. The second-order valence-corrected chi connectivity index (χ2v) is 4.98. The van der Waals surface area contributed by atoms with Crippen molar-refractivity contribution in [1.29, 1.82) is 0 Å². The van der Waals surface area contributed by atoms with E-state index in [1.54, 1.807) is 6.07 Å². The van der Waals surface area contributed by atoms with Crippen LogP contribution in [0.15, 0.2) is 60.8 Å². The van der Waals surface area contributed by atoms with Crippen molar-refractivity contribution in [3.05, 3.63) is 77.7 Å². The molecule has 100 valence electrons. The highest BCUT2D eigenvalue weighted by atomic mass is 32.1. The number of rotatable bonds is 2. The van der Waals surface area contributed by atoms with Gasteiger partial charge < -0.3 is 10.6 Å². The van der Waals surface area contributed by atoms with Gasteiger partial charge in [-0.25, -0.2) is 4.39 Å².